The third kappa shape index (κ3) is 5.43. The van der Waals surface area contributed by atoms with E-state index in [1.165, 1.54) is 11.3 Å². The molecule has 0 unspecified atom stereocenters. The highest BCUT2D eigenvalue weighted by Crippen LogP contribution is 2.43. The monoisotopic (exact) mass is 491 g/mol. The molecule has 33 heavy (non-hydrogen) atoms. The molecule has 1 amide bonds. The van der Waals surface area contributed by atoms with Crippen LogP contribution in [0.15, 0.2) is 41.8 Å². The molecular formula is C24H27F2N3O2S2. The van der Waals surface area contributed by atoms with Crippen LogP contribution < -0.4 is 10.1 Å². The van der Waals surface area contributed by atoms with Crippen molar-refractivity contribution in [1.82, 2.24) is 9.80 Å². The summed E-state index contributed by atoms with van der Waals surface area (Å²) in [6.45, 7) is 4.88. The van der Waals surface area contributed by atoms with Crippen molar-refractivity contribution in [3.63, 3.8) is 0 Å². The summed E-state index contributed by atoms with van der Waals surface area (Å²) in [6, 6.07) is 10.4. The van der Waals surface area contributed by atoms with Gasteiger partial charge in [-0.25, -0.2) is 0 Å². The largest absolute Gasteiger partial charge is 0.435 e. The van der Waals surface area contributed by atoms with E-state index < -0.39 is 6.61 Å². The summed E-state index contributed by atoms with van der Waals surface area (Å²) >= 11 is 2.99. The predicted molar refractivity (Wildman–Crippen MR) is 130 cm³/mol. The number of nitrogens with one attached hydrogen (secondary N) is 1. The zero-order valence-electron chi connectivity index (χ0n) is 18.8. The molecular weight excluding hydrogens is 464 g/mol. The van der Waals surface area contributed by atoms with E-state index >= 15 is 0 Å². The molecule has 3 heterocycles. The molecule has 9 heteroatoms. The standard InChI is InChI=1S/C24H27F2N3O2S2/c1-15-16(2)33-23(27-22(30)19-5-4-14-32-19)20(15)21(29-12-10-28(3)11-13-29)17-6-8-18(9-7-17)31-24(25)26/h4-9,14,21,24H,10-13H2,1-3H3,(H,27,30)/t21-/m0/s1. The average molecular weight is 492 g/mol. The van der Waals surface area contributed by atoms with Crippen molar-refractivity contribution in [2.75, 3.05) is 38.5 Å². The van der Waals surface area contributed by atoms with Gasteiger partial charge in [0, 0.05) is 36.6 Å². The lowest BCUT2D eigenvalue weighted by molar-refractivity contribution is -0.0498. The molecule has 4 rings (SSSR count). The Hall–Kier alpha value is -2.33. The van der Waals surface area contributed by atoms with Gasteiger partial charge in [-0.15, -0.1) is 22.7 Å². The Kier molecular flexibility index (Phi) is 7.43. The zero-order chi connectivity index (χ0) is 23.5. The van der Waals surface area contributed by atoms with Gasteiger partial charge in [0.1, 0.15) is 10.8 Å². The van der Waals surface area contributed by atoms with Crippen molar-refractivity contribution < 1.29 is 18.3 Å². The summed E-state index contributed by atoms with van der Waals surface area (Å²) in [4.78, 5) is 19.4. The van der Waals surface area contributed by atoms with Crippen LogP contribution in [0.25, 0.3) is 0 Å². The number of thiophene rings is 2. The van der Waals surface area contributed by atoms with E-state index in [0.29, 0.717) is 4.88 Å². The van der Waals surface area contributed by atoms with Crippen molar-refractivity contribution in [2.45, 2.75) is 26.5 Å². The highest BCUT2D eigenvalue weighted by Gasteiger charge is 2.31. The van der Waals surface area contributed by atoms with E-state index in [4.69, 9.17) is 0 Å². The van der Waals surface area contributed by atoms with Crippen LogP contribution in [-0.4, -0.2) is 55.5 Å². The number of carbonyl (C=O) groups is 1. The summed E-state index contributed by atoms with van der Waals surface area (Å²) in [7, 11) is 2.11. The number of ether oxygens (including phenoxy) is 1. The van der Waals surface area contributed by atoms with Gasteiger partial charge >= 0.3 is 6.61 Å². The molecule has 3 aromatic rings. The van der Waals surface area contributed by atoms with Crippen LogP contribution in [-0.2, 0) is 0 Å². The number of piperazine rings is 1. The third-order valence-corrected chi connectivity index (χ3v) is 8.01. The number of hydrogen-bond donors (Lipinski definition) is 1. The Labute approximate surface area is 200 Å². The number of likely N-dealkylation sites (N-methyl/N-ethyl adjacent to an activating group) is 1. The molecule has 2 aromatic heterocycles. The van der Waals surface area contributed by atoms with Crippen LogP contribution in [0.4, 0.5) is 13.8 Å². The van der Waals surface area contributed by atoms with Gasteiger partial charge < -0.3 is 15.0 Å². The molecule has 0 spiro atoms. The maximum Gasteiger partial charge on any atom is 0.387 e. The smallest absolute Gasteiger partial charge is 0.387 e. The van der Waals surface area contributed by atoms with Crippen molar-refractivity contribution in [3.8, 4) is 5.75 Å². The SMILES string of the molecule is Cc1sc(NC(=O)c2cccs2)c([C@H](c2ccc(OC(F)F)cc2)N2CCN(C)CC2)c1C. The molecule has 0 radical (unpaired) electrons. The Morgan fingerprint density at radius 3 is 2.39 bits per heavy atom. The second-order valence-electron chi connectivity index (χ2n) is 8.15. The third-order valence-electron chi connectivity index (χ3n) is 6.00. The van der Waals surface area contributed by atoms with Crippen LogP contribution in [0.2, 0.25) is 0 Å². The fourth-order valence-corrected chi connectivity index (χ4v) is 5.82. The lowest BCUT2D eigenvalue weighted by Crippen LogP contribution is -2.46. The molecule has 1 saturated heterocycles. The number of hydrogen-bond acceptors (Lipinski definition) is 6. The minimum Gasteiger partial charge on any atom is -0.435 e. The number of amides is 1. The van der Waals surface area contributed by atoms with Crippen LogP contribution in [0, 0.1) is 13.8 Å². The average Bonchev–Trinajstić information content (AvgIpc) is 3.41. The van der Waals surface area contributed by atoms with Gasteiger partial charge in [0.25, 0.3) is 5.91 Å². The molecule has 5 nitrogen and oxygen atoms in total. The van der Waals surface area contributed by atoms with Crippen molar-refractivity contribution in [1.29, 1.82) is 0 Å². The molecule has 1 N–H and O–H groups in total. The first-order valence-electron chi connectivity index (χ1n) is 10.8. The second kappa shape index (κ2) is 10.3. The molecule has 0 aliphatic carbocycles. The molecule has 0 bridgehead atoms. The quantitative estimate of drug-likeness (QED) is 0.466. The molecule has 0 saturated carbocycles. The summed E-state index contributed by atoms with van der Waals surface area (Å²) in [5, 5.41) is 5.86. The number of anilines is 1. The van der Waals surface area contributed by atoms with E-state index in [2.05, 4.69) is 40.7 Å². The van der Waals surface area contributed by atoms with Gasteiger partial charge in [0.05, 0.1) is 10.9 Å². The van der Waals surface area contributed by atoms with Gasteiger partial charge in [-0.3, -0.25) is 9.69 Å². The first kappa shape index (κ1) is 23.8. The van der Waals surface area contributed by atoms with E-state index in [-0.39, 0.29) is 17.7 Å². The number of nitrogens with zero attached hydrogens (tertiary/aromatic N) is 2. The van der Waals surface area contributed by atoms with Crippen molar-refractivity contribution in [3.05, 3.63) is 68.2 Å². The lowest BCUT2D eigenvalue weighted by Gasteiger charge is -2.39. The number of carbonyl (C=O) groups excluding carboxylic acids is 1. The number of halogens is 2. The molecule has 1 atom stereocenters. The first-order valence-corrected chi connectivity index (χ1v) is 12.4. The van der Waals surface area contributed by atoms with E-state index in [0.717, 1.165) is 52.7 Å². The highest BCUT2D eigenvalue weighted by molar-refractivity contribution is 7.17. The van der Waals surface area contributed by atoms with E-state index in [1.54, 1.807) is 23.5 Å². The predicted octanol–water partition coefficient (Wildman–Crippen LogP) is 5.62. The topological polar surface area (TPSA) is 44.8 Å². The van der Waals surface area contributed by atoms with Crippen LogP contribution in [0.1, 0.15) is 37.3 Å². The van der Waals surface area contributed by atoms with E-state index in [9.17, 15) is 13.6 Å². The van der Waals surface area contributed by atoms with Crippen molar-refractivity contribution >= 4 is 33.6 Å². The summed E-state index contributed by atoms with van der Waals surface area (Å²) in [5.41, 5.74) is 3.18. The maximum absolute atomic E-state index is 12.9. The lowest BCUT2D eigenvalue weighted by atomic mass is 9.94. The first-order chi connectivity index (χ1) is 15.8. The van der Waals surface area contributed by atoms with Crippen LogP contribution >= 0.6 is 22.7 Å². The van der Waals surface area contributed by atoms with Gasteiger partial charge in [-0.05, 0) is 55.6 Å². The molecule has 1 aliphatic heterocycles. The van der Waals surface area contributed by atoms with E-state index in [1.807, 2.05) is 29.6 Å². The van der Waals surface area contributed by atoms with Gasteiger partial charge in [0.15, 0.2) is 0 Å². The highest BCUT2D eigenvalue weighted by atomic mass is 32.1. The maximum atomic E-state index is 12.9. The summed E-state index contributed by atoms with van der Waals surface area (Å²) < 4.78 is 29.8. The molecule has 1 aliphatic rings. The Morgan fingerprint density at radius 1 is 1.09 bits per heavy atom. The van der Waals surface area contributed by atoms with Gasteiger partial charge in [-0.1, -0.05) is 18.2 Å². The van der Waals surface area contributed by atoms with Crippen LogP contribution in [0.5, 0.6) is 5.75 Å². The Morgan fingerprint density at radius 2 is 1.79 bits per heavy atom. The number of aryl methyl sites for hydroxylation is 1. The zero-order valence-corrected chi connectivity index (χ0v) is 20.4. The number of rotatable bonds is 7. The molecule has 1 fully saturated rings. The van der Waals surface area contributed by atoms with Gasteiger partial charge in [0.2, 0.25) is 0 Å². The second-order valence-corrected chi connectivity index (χ2v) is 10.3. The minimum absolute atomic E-state index is 0.108. The van der Waals surface area contributed by atoms with Gasteiger partial charge in [-0.2, -0.15) is 8.78 Å². The molecule has 176 valence electrons. The summed E-state index contributed by atoms with van der Waals surface area (Å²) in [5.74, 6) is 0.0145. The fourth-order valence-electron chi connectivity index (χ4n) is 4.11. The number of alkyl halides is 2. The summed E-state index contributed by atoms with van der Waals surface area (Å²) in [6.07, 6.45) is 0. The minimum atomic E-state index is -2.86. The molecule has 1 aromatic carbocycles. The Bertz CT molecular complexity index is 1080. The number of benzene rings is 1. The van der Waals surface area contributed by atoms with Crippen molar-refractivity contribution in [2.24, 2.45) is 0 Å². The van der Waals surface area contributed by atoms with Crippen LogP contribution in [0.3, 0.4) is 0 Å². The normalized spacial score (nSPS) is 16.2. The fraction of sp³-hybridized carbons (Fsp3) is 0.375. The Balaban J connectivity index is 1.73.